The molecule has 0 aromatic heterocycles. The van der Waals surface area contributed by atoms with Crippen molar-refractivity contribution in [3.63, 3.8) is 0 Å². The molecule has 0 spiro atoms. The molecule has 3 fully saturated rings. The Hall–Kier alpha value is -3.37. The molecule has 9 atom stereocenters. The molecule has 1 unspecified atom stereocenters. The van der Waals surface area contributed by atoms with Gasteiger partial charge in [0.25, 0.3) is 0 Å². The number of aliphatic hydroxyl groups is 2. The normalized spacial score (nSPS) is 38.6. The summed E-state index contributed by atoms with van der Waals surface area (Å²) in [5, 5.41) is 22.8. The van der Waals surface area contributed by atoms with Crippen LogP contribution in [0.2, 0.25) is 0 Å². The summed E-state index contributed by atoms with van der Waals surface area (Å²) < 4.78 is 33.8. The van der Waals surface area contributed by atoms with Gasteiger partial charge >= 0.3 is 12.1 Å². The molecule has 1 aromatic carbocycles. The molecule has 0 bridgehead atoms. The Labute approximate surface area is 250 Å². The number of ether oxygens (including phenoxy) is 3. The van der Waals surface area contributed by atoms with Crippen LogP contribution in [0.3, 0.4) is 0 Å². The first-order valence-corrected chi connectivity index (χ1v) is 14.9. The zero-order valence-electron chi connectivity index (χ0n) is 24.9. The maximum Gasteiger partial charge on any atom is 0.509 e. The van der Waals surface area contributed by atoms with Gasteiger partial charge in [-0.2, -0.15) is 0 Å². The minimum Gasteiger partial charge on any atom is -0.435 e. The van der Waals surface area contributed by atoms with Gasteiger partial charge in [0.1, 0.15) is 11.9 Å². The molecule has 5 rings (SSSR count). The summed E-state index contributed by atoms with van der Waals surface area (Å²) in [6, 6.07) is 8.18. The van der Waals surface area contributed by atoms with E-state index in [0.717, 1.165) is 0 Å². The largest absolute Gasteiger partial charge is 0.509 e. The van der Waals surface area contributed by atoms with Crippen molar-refractivity contribution in [3.8, 4) is 5.75 Å². The lowest BCUT2D eigenvalue weighted by molar-refractivity contribution is -0.223. The summed E-state index contributed by atoms with van der Waals surface area (Å²) >= 11 is 0. The molecule has 1 aromatic rings. The minimum atomic E-state index is -2.17. The summed E-state index contributed by atoms with van der Waals surface area (Å²) in [7, 11) is 0. The first kappa shape index (κ1) is 31.1. The zero-order chi connectivity index (χ0) is 31.4. The molecule has 43 heavy (non-hydrogen) atoms. The number of aliphatic hydroxyl groups excluding tert-OH is 2. The molecule has 2 N–H and O–H groups in total. The van der Waals surface area contributed by atoms with Crippen molar-refractivity contribution >= 4 is 23.7 Å². The number of fused-ring (bicyclic) bond motifs is 5. The second-order valence-electron chi connectivity index (χ2n) is 12.8. The second-order valence-corrected chi connectivity index (χ2v) is 12.8. The highest BCUT2D eigenvalue weighted by Crippen LogP contribution is 2.71. The fraction of sp³-hybridized carbons (Fsp3) is 0.576. The average Bonchev–Trinajstić information content (AvgIpc) is 3.16. The molecule has 4 aliphatic rings. The van der Waals surface area contributed by atoms with E-state index in [4.69, 9.17) is 14.2 Å². The summed E-state index contributed by atoms with van der Waals surface area (Å²) in [4.78, 5) is 52.1. The molecule has 232 valence electrons. The molecule has 0 amide bonds. The maximum atomic E-state index is 17.6. The van der Waals surface area contributed by atoms with Crippen LogP contribution in [-0.2, 0) is 23.9 Å². The number of Topliss-reactive ketones (excluding diaryl/α,β-unsaturated/α-hetero) is 1. The number of carbonyl (C=O) groups excluding carboxylic acids is 4. The average molecular weight is 599 g/mol. The van der Waals surface area contributed by atoms with E-state index in [1.165, 1.54) is 18.2 Å². The number of ketones is 2. The predicted molar refractivity (Wildman–Crippen MR) is 151 cm³/mol. The number of halogens is 1. The number of esters is 1. The van der Waals surface area contributed by atoms with Crippen LogP contribution in [0.5, 0.6) is 5.75 Å². The molecule has 3 saturated carbocycles. The first-order valence-electron chi connectivity index (χ1n) is 14.9. The van der Waals surface area contributed by atoms with Crippen LogP contribution in [0.4, 0.5) is 9.18 Å². The molecular weight excluding hydrogens is 559 g/mol. The van der Waals surface area contributed by atoms with Crippen LogP contribution in [0.15, 0.2) is 54.1 Å². The lowest BCUT2D eigenvalue weighted by atomic mass is 9.44. The van der Waals surface area contributed by atoms with Gasteiger partial charge in [0.15, 0.2) is 17.1 Å². The third-order valence-electron chi connectivity index (χ3n) is 10.7. The Morgan fingerprint density at radius 1 is 1.14 bits per heavy atom. The van der Waals surface area contributed by atoms with Gasteiger partial charge in [0.05, 0.1) is 19.1 Å². The molecule has 0 radical (unpaired) electrons. The molecule has 4 aliphatic carbocycles. The molecule has 10 heteroatoms. The second kappa shape index (κ2) is 11.0. The van der Waals surface area contributed by atoms with E-state index in [-0.39, 0.29) is 31.0 Å². The van der Waals surface area contributed by atoms with Crippen molar-refractivity contribution < 1.29 is 48.0 Å². The van der Waals surface area contributed by atoms with Crippen molar-refractivity contribution in [2.75, 3.05) is 6.61 Å². The number of allylic oxidation sites excluding steroid dienone is 4. The van der Waals surface area contributed by atoms with Gasteiger partial charge in [0, 0.05) is 22.7 Å². The number of benzene rings is 1. The van der Waals surface area contributed by atoms with Gasteiger partial charge < -0.3 is 24.4 Å². The molecule has 9 nitrogen and oxygen atoms in total. The summed E-state index contributed by atoms with van der Waals surface area (Å²) in [5.74, 6) is -3.82. The van der Waals surface area contributed by atoms with Gasteiger partial charge in [0.2, 0.25) is 5.78 Å². The fourth-order valence-electron chi connectivity index (χ4n) is 8.76. The highest BCUT2D eigenvalue weighted by atomic mass is 19.1. The van der Waals surface area contributed by atoms with Crippen molar-refractivity contribution in [1.29, 1.82) is 0 Å². The standard InChI is InChI=1S/C33H39FO9/c1-5-41-29(40)43-33(28(39)25(36)17-27(38)42-22-9-7-6-8-10-22)19(2)15-24-23-12-11-20-16-21(35)13-14-30(20,3)32(23,34)26(37)18-31(24,33)4/h6-10,13-14,16,19,23-26,36-37H,5,11-12,15,17-18H2,1-4H3/t19-,23+,24+,25?,26+,30+,31+,32+,33+/m1/s1. The van der Waals surface area contributed by atoms with Crippen LogP contribution in [-0.4, -0.2) is 64.0 Å². The maximum absolute atomic E-state index is 17.6. The minimum absolute atomic E-state index is 0.0407. The molecular formula is C33H39FO9. The van der Waals surface area contributed by atoms with Crippen LogP contribution < -0.4 is 4.74 Å². The highest BCUT2D eigenvalue weighted by Gasteiger charge is 2.77. The van der Waals surface area contributed by atoms with Crippen molar-refractivity contribution in [2.24, 2.45) is 28.6 Å². The van der Waals surface area contributed by atoms with Crippen LogP contribution >= 0.6 is 0 Å². The summed E-state index contributed by atoms with van der Waals surface area (Å²) in [6.45, 7) is 6.60. The number of para-hydroxylation sites is 1. The zero-order valence-corrected chi connectivity index (χ0v) is 24.9. The monoisotopic (exact) mass is 598 g/mol. The number of hydrogen-bond acceptors (Lipinski definition) is 9. The van der Waals surface area contributed by atoms with Gasteiger partial charge in [-0.25, -0.2) is 9.18 Å². The lowest BCUT2D eigenvalue weighted by Gasteiger charge is -2.62. The number of alkyl halides is 1. The summed E-state index contributed by atoms with van der Waals surface area (Å²) in [5.41, 5.74) is -6.16. The number of carbonyl (C=O) groups is 4. The molecule has 0 heterocycles. The van der Waals surface area contributed by atoms with E-state index in [0.29, 0.717) is 18.4 Å². The Kier molecular flexibility index (Phi) is 7.92. The van der Waals surface area contributed by atoms with E-state index in [9.17, 15) is 29.4 Å². The van der Waals surface area contributed by atoms with E-state index in [2.05, 4.69) is 0 Å². The number of hydrogen-bond donors (Lipinski definition) is 2. The lowest BCUT2D eigenvalue weighted by Crippen LogP contribution is -2.70. The first-order chi connectivity index (χ1) is 20.2. The topological polar surface area (TPSA) is 136 Å². The van der Waals surface area contributed by atoms with Crippen LogP contribution in [0.1, 0.15) is 59.8 Å². The SMILES string of the molecule is CCOC(=O)O[C@]1(C(=O)C(O)CC(=O)Oc2ccccc2)[C@H](C)C[C@H]2[C@@H]3CCC4=CC(=O)C=C[C@]4(C)[C@@]3(F)[C@@H](O)C[C@@]21C. The third-order valence-corrected chi connectivity index (χ3v) is 10.7. The quantitative estimate of drug-likeness (QED) is 0.345. The van der Waals surface area contributed by atoms with Gasteiger partial charge in [-0.15, -0.1) is 0 Å². The molecule has 0 aliphatic heterocycles. The van der Waals surface area contributed by atoms with Crippen molar-refractivity contribution in [1.82, 2.24) is 0 Å². The highest BCUT2D eigenvalue weighted by molar-refractivity contribution is 6.01. The molecule has 0 saturated heterocycles. The number of rotatable bonds is 7. The Morgan fingerprint density at radius 2 is 1.84 bits per heavy atom. The van der Waals surface area contributed by atoms with Crippen molar-refractivity contribution in [2.45, 2.75) is 83.3 Å². The predicted octanol–water partition coefficient (Wildman–Crippen LogP) is 4.44. The Morgan fingerprint density at radius 3 is 2.51 bits per heavy atom. The van der Waals surface area contributed by atoms with E-state index in [1.54, 1.807) is 58.0 Å². The van der Waals surface area contributed by atoms with Gasteiger partial charge in [-0.05, 0) is 69.7 Å². The Bertz CT molecular complexity index is 1370. The van der Waals surface area contributed by atoms with E-state index >= 15 is 4.39 Å². The van der Waals surface area contributed by atoms with Crippen molar-refractivity contribution in [3.05, 3.63) is 54.1 Å². The smallest absolute Gasteiger partial charge is 0.435 e. The van der Waals surface area contributed by atoms with E-state index in [1.807, 2.05) is 0 Å². The third kappa shape index (κ3) is 4.56. The van der Waals surface area contributed by atoms with Gasteiger partial charge in [-0.3, -0.25) is 14.4 Å². The van der Waals surface area contributed by atoms with Crippen LogP contribution in [0.25, 0.3) is 0 Å². The Balaban J connectivity index is 1.52. The van der Waals surface area contributed by atoms with E-state index < -0.39 is 76.4 Å². The van der Waals surface area contributed by atoms with Gasteiger partial charge in [-0.1, -0.05) is 43.7 Å². The summed E-state index contributed by atoms with van der Waals surface area (Å²) in [6.07, 6.45) is -0.345. The fourth-order valence-corrected chi connectivity index (χ4v) is 8.76. The van der Waals surface area contributed by atoms with Crippen LogP contribution in [0, 0.1) is 28.6 Å².